The molecule has 1 amide bonds. The first-order valence-electron chi connectivity index (χ1n) is 11.2. The molecule has 2 fully saturated rings. The Morgan fingerprint density at radius 2 is 1.81 bits per heavy atom. The second kappa shape index (κ2) is 10.1. The van der Waals surface area contributed by atoms with E-state index in [-0.39, 0.29) is 17.8 Å². The standard InChI is InChI=1S/C25H31FN2O3/c1-30-21-10-12-22(13-11-21)31-15-14-28-20(16-18-6-8-19(26)9-7-18)17-23-24(28)4-2-3-5-25(29)27-23/h6-13,20,23-24H,2-5,14-17H2,1H3,(H,27,29)/t20-,23+,24-/m1/s1. The second-order valence-corrected chi connectivity index (χ2v) is 8.47. The maximum atomic E-state index is 13.3. The number of hydrogen-bond acceptors (Lipinski definition) is 4. The molecule has 0 bridgehead atoms. The molecule has 3 atom stereocenters. The van der Waals surface area contributed by atoms with Crippen LogP contribution in [0.4, 0.5) is 4.39 Å². The van der Waals surface area contributed by atoms with Crippen LogP contribution in [0.2, 0.25) is 0 Å². The lowest BCUT2D eigenvalue weighted by atomic mass is 9.97. The van der Waals surface area contributed by atoms with Crippen LogP contribution in [0.1, 0.15) is 37.7 Å². The first-order chi connectivity index (χ1) is 15.1. The maximum Gasteiger partial charge on any atom is 0.220 e. The van der Waals surface area contributed by atoms with Gasteiger partial charge in [0.05, 0.1) is 7.11 Å². The fourth-order valence-electron chi connectivity index (χ4n) is 4.91. The Balaban J connectivity index is 1.44. The van der Waals surface area contributed by atoms with Gasteiger partial charge in [-0.25, -0.2) is 4.39 Å². The van der Waals surface area contributed by atoms with Crippen molar-refractivity contribution in [1.82, 2.24) is 10.2 Å². The van der Waals surface area contributed by atoms with Gasteiger partial charge in [-0.3, -0.25) is 9.69 Å². The summed E-state index contributed by atoms with van der Waals surface area (Å²) in [5, 5.41) is 3.26. The van der Waals surface area contributed by atoms with E-state index in [1.165, 1.54) is 12.1 Å². The van der Waals surface area contributed by atoms with E-state index in [1.54, 1.807) is 7.11 Å². The number of halogens is 1. The molecule has 2 aromatic carbocycles. The molecule has 2 aliphatic heterocycles. The summed E-state index contributed by atoms with van der Waals surface area (Å²) in [6, 6.07) is 15.1. The molecule has 6 heteroatoms. The Bertz CT molecular complexity index is 856. The van der Waals surface area contributed by atoms with E-state index in [1.807, 2.05) is 36.4 Å². The third kappa shape index (κ3) is 5.56. The number of carbonyl (C=O) groups is 1. The number of methoxy groups -OCH3 is 1. The van der Waals surface area contributed by atoms with Gasteiger partial charge in [-0.05, 0) is 67.6 Å². The summed E-state index contributed by atoms with van der Waals surface area (Å²) < 4.78 is 24.6. The Morgan fingerprint density at radius 3 is 2.55 bits per heavy atom. The molecule has 1 N–H and O–H groups in total. The van der Waals surface area contributed by atoms with Crippen molar-refractivity contribution in [1.29, 1.82) is 0 Å². The average Bonchev–Trinajstić information content (AvgIpc) is 3.07. The van der Waals surface area contributed by atoms with Gasteiger partial charge in [0, 0.05) is 31.1 Å². The minimum Gasteiger partial charge on any atom is -0.497 e. The SMILES string of the molecule is COc1ccc(OCCN2[C@H](Cc3ccc(F)cc3)C[C@@H]3NC(=O)CCCC[C@H]32)cc1. The van der Waals surface area contributed by atoms with Crippen LogP contribution in [-0.2, 0) is 11.2 Å². The molecule has 0 unspecified atom stereocenters. The van der Waals surface area contributed by atoms with E-state index in [0.717, 1.165) is 55.7 Å². The van der Waals surface area contributed by atoms with Crippen molar-refractivity contribution in [3.8, 4) is 11.5 Å². The summed E-state index contributed by atoms with van der Waals surface area (Å²) in [5.74, 6) is 1.57. The quantitative estimate of drug-likeness (QED) is 0.728. The summed E-state index contributed by atoms with van der Waals surface area (Å²) in [7, 11) is 1.65. The highest BCUT2D eigenvalue weighted by atomic mass is 19.1. The molecule has 0 aromatic heterocycles. The molecule has 4 rings (SSSR count). The molecule has 2 heterocycles. The number of nitrogens with one attached hydrogen (secondary N) is 1. The molecule has 0 radical (unpaired) electrons. The molecule has 5 nitrogen and oxygen atoms in total. The Labute approximate surface area is 183 Å². The van der Waals surface area contributed by atoms with Crippen LogP contribution >= 0.6 is 0 Å². The minimum absolute atomic E-state index is 0.159. The molecular weight excluding hydrogens is 395 g/mol. The van der Waals surface area contributed by atoms with E-state index >= 15 is 0 Å². The number of nitrogens with zero attached hydrogens (tertiary/aromatic N) is 1. The third-order valence-corrected chi connectivity index (χ3v) is 6.45. The number of likely N-dealkylation sites (tertiary alicyclic amines) is 1. The average molecular weight is 427 g/mol. The third-order valence-electron chi connectivity index (χ3n) is 6.45. The number of amides is 1. The Hall–Kier alpha value is -2.60. The number of rotatable bonds is 7. The van der Waals surface area contributed by atoms with Gasteiger partial charge in [0.25, 0.3) is 0 Å². The van der Waals surface area contributed by atoms with Crippen LogP contribution in [0, 0.1) is 5.82 Å². The van der Waals surface area contributed by atoms with Crippen LogP contribution in [0.3, 0.4) is 0 Å². The summed E-state index contributed by atoms with van der Waals surface area (Å²) in [5.41, 5.74) is 1.12. The maximum absolute atomic E-state index is 13.3. The van der Waals surface area contributed by atoms with Gasteiger partial charge in [-0.1, -0.05) is 18.6 Å². The zero-order valence-corrected chi connectivity index (χ0v) is 18.1. The zero-order chi connectivity index (χ0) is 21.6. The van der Waals surface area contributed by atoms with Crippen molar-refractivity contribution in [2.45, 2.75) is 56.7 Å². The highest BCUT2D eigenvalue weighted by Crippen LogP contribution is 2.32. The molecule has 0 spiro atoms. The lowest BCUT2D eigenvalue weighted by Crippen LogP contribution is -2.47. The summed E-state index contributed by atoms with van der Waals surface area (Å²) in [6.07, 6.45) is 5.45. The van der Waals surface area contributed by atoms with Crippen LogP contribution in [0.25, 0.3) is 0 Å². The normalized spacial score (nSPS) is 24.1. The second-order valence-electron chi connectivity index (χ2n) is 8.47. The molecule has 2 aromatic rings. The van der Waals surface area contributed by atoms with E-state index < -0.39 is 0 Å². The van der Waals surface area contributed by atoms with E-state index in [0.29, 0.717) is 25.1 Å². The van der Waals surface area contributed by atoms with Crippen LogP contribution < -0.4 is 14.8 Å². The fourth-order valence-corrected chi connectivity index (χ4v) is 4.91. The van der Waals surface area contributed by atoms with Crippen molar-refractivity contribution in [3.63, 3.8) is 0 Å². The first kappa shape index (κ1) is 21.6. The topological polar surface area (TPSA) is 50.8 Å². The van der Waals surface area contributed by atoms with E-state index in [2.05, 4.69) is 10.2 Å². The van der Waals surface area contributed by atoms with E-state index in [9.17, 15) is 9.18 Å². The van der Waals surface area contributed by atoms with Crippen molar-refractivity contribution < 1.29 is 18.7 Å². The highest BCUT2D eigenvalue weighted by Gasteiger charge is 2.41. The van der Waals surface area contributed by atoms with E-state index in [4.69, 9.17) is 9.47 Å². The van der Waals surface area contributed by atoms with Crippen molar-refractivity contribution in [2.24, 2.45) is 0 Å². The monoisotopic (exact) mass is 426 g/mol. The summed E-state index contributed by atoms with van der Waals surface area (Å²) >= 11 is 0. The van der Waals surface area contributed by atoms with Crippen molar-refractivity contribution in [3.05, 3.63) is 59.9 Å². The summed E-state index contributed by atoms with van der Waals surface area (Å²) in [4.78, 5) is 14.7. The Morgan fingerprint density at radius 1 is 1.06 bits per heavy atom. The number of fused-ring (bicyclic) bond motifs is 1. The van der Waals surface area contributed by atoms with Crippen LogP contribution in [0.15, 0.2) is 48.5 Å². The fraction of sp³-hybridized carbons (Fsp3) is 0.480. The van der Waals surface area contributed by atoms with Gasteiger partial charge in [0.2, 0.25) is 5.91 Å². The van der Waals surface area contributed by atoms with Gasteiger partial charge in [-0.2, -0.15) is 0 Å². The van der Waals surface area contributed by atoms with Gasteiger partial charge in [0.15, 0.2) is 0 Å². The van der Waals surface area contributed by atoms with Crippen molar-refractivity contribution >= 4 is 5.91 Å². The lowest BCUT2D eigenvalue weighted by Gasteiger charge is -2.32. The molecule has 2 saturated heterocycles. The zero-order valence-electron chi connectivity index (χ0n) is 18.1. The lowest BCUT2D eigenvalue weighted by molar-refractivity contribution is -0.122. The van der Waals surface area contributed by atoms with Crippen LogP contribution in [0.5, 0.6) is 11.5 Å². The largest absolute Gasteiger partial charge is 0.497 e. The van der Waals surface area contributed by atoms with Crippen LogP contribution in [-0.4, -0.2) is 49.2 Å². The molecule has 2 aliphatic rings. The predicted molar refractivity (Wildman–Crippen MR) is 118 cm³/mol. The highest BCUT2D eigenvalue weighted by molar-refractivity contribution is 5.76. The van der Waals surface area contributed by atoms with Crippen molar-refractivity contribution in [2.75, 3.05) is 20.3 Å². The summed E-state index contributed by atoms with van der Waals surface area (Å²) in [6.45, 7) is 1.36. The number of benzene rings is 2. The molecular formula is C25H31FN2O3. The minimum atomic E-state index is -0.214. The number of ether oxygens (including phenoxy) is 2. The first-order valence-corrected chi connectivity index (χ1v) is 11.2. The Kier molecular flexibility index (Phi) is 7.07. The smallest absolute Gasteiger partial charge is 0.220 e. The van der Waals surface area contributed by atoms with Gasteiger partial charge >= 0.3 is 0 Å². The van der Waals surface area contributed by atoms with Gasteiger partial charge < -0.3 is 14.8 Å². The molecule has 166 valence electrons. The molecule has 0 saturated carbocycles. The van der Waals surface area contributed by atoms with Gasteiger partial charge in [0.1, 0.15) is 23.9 Å². The molecule has 0 aliphatic carbocycles. The number of carbonyl (C=O) groups excluding carboxylic acids is 1. The number of hydrogen-bond donors (Lipinski definition) is 1. The molecule has 31 heavy (non-hydrogen) atoms. The predicted octanol–water partition coefficient (Wildman–Crippen LogP) is 3.96. The van der Waals surface area contributed by atoms with Gasteiger partial charge in [-0.15, -0.1) is 0 Å².